The summed E-state index contributed by atoms with van der Waals surface area (Å²) in [6, 6.07) is 0.675. The quantitative estimate of drug-likeness (QED) is 0.835. The number of carbonyl (C=O) groups is 1. The Balaban J connectivity index is 1.97. The van der Waals surface area contributed by atoms with Crippen LogP contribution in [0.4, 0.5) is 0 Å². The normalized spacial score (nSPS) is 37.1. The third-order valence-electron chi connectivity index (χ3n) is 5.47. The van der Waals surface area contributed by atoms with Gasteiger partial charge in [0.05, 0.1) is 0 Å². The maximum atomic E-state index is 12.7. The zero-order valence-electron chi connectivity index (χ0n) is 12.8. The lowest BCUT2D eigenvalue weighted by Crippen LogP contribution is -2.48. The first-order chi connectivity index (χ1) is 9.00. The highest BCUT2D eigenvalue weighted by Crippen LogP contribution is 2.35. The molecule has 0 aromatic carbocycles. The molecule has 1 amide bonds. The van der Waals surface area contributed by atoms with Gasteiger partial charge in [0.2, 0.25) is 5.91 Å². The van der Waals surface area contributed by atoms with E-state index < -0.39 is 0 Å². The van der Waals surface area contributed by atoms with Crippen LogP contribution in [-0.2, 0) is 4.79 Å². The molecule has 0 aromatic heterocycles. The van der Waals surface area contributed by atoms with E-state index in [4.69, 9.17) is 5.73 Å². The molecule has 19 heavy (non-hydrogen) atoms. The van der Waals surface area contributed by atoms with Gasteiger partial charge >= 0.3 is 0 Å². The molecular weight excluding hydrogens is 236 g/mol. The maximum Gasteiger partial charge on any atom is 0.225 e. The van der Waals surface area contributed by atoms with Crippen molar-refractivity contribution in [2.24, 2.45) is 23.5 Å². The molecule has 2 saturated carbocycles. The molecule has 2 N–H and O–H groups in total. The average Bonchev–Trinajstić information content (AvgIpc) is 2.42. The first-order valence-corrected chi connectivity index (χ1v) is 8.03. The van der Waals surface area contributed by atoms with E-state index in [-0.39, 0.29) is 12.0 Å². The average molecular weight is 266 g/mol. The van der Waals surface area contributed by atoms with Gasteiger partial charge in [0.25, 0.3) is 0 Å². The molecule has 3 heteroatoms. The van der Waals surface area contributed by atoms with Crippen molar-refractivity contribution in [2.75, 3.05) is 7.05 Å². The van der Waals surface area contributed by atoms with Gasteiger partial charge in [-0.25, -0.2) is 0 Å². The van der Waals surface area contributed by atoms with E-state index in [0.717, 1.165) is 12.8 Å². The summed E-state index contributed by atoms with van der Waals surface area (Å²) < 4.78 is 0. The Hall–Kier alpha value is -0.570. The summed E-state index contributed by atoms with van der Waals surface area (Å²) in [6.07, 6.45) is 8.23. The van der Waals surface area contributed by atoms with Gasteiger partial charge in [0.1, 0.15) is 0 Å². The van der Waals surface area contributed by atoms with Crippen molar-refractivity contribution >= 4 is 5.91 Å². The van der Waals surface area contributed by atoms with Gasteiger partial charge in [-0.05, 0) is 37.5 Å². The highest BCUT2D eigenvalue weighted by Gasteiger charge is 2.37. The molecule has 110 valence electrons. The van der Waals surface area contributed by atoms with Gasteiger partial charge < -0.3 is 10.6 Å². The predicted octanol–water partition coefficient (Wildman–Crippen LogP) is 2.79. The van der Waals surface area contributed by atoms with Crippen LogP contribution in [0.3, 0.4) is 0 Å². The SMILES string of the molecule is CC1CC(C)C(C(=O)N(C)C2CCCCC2)CC1N. The lowest BCUT2D eigenvalue weighted by molar-refractivity contribution is -0.140. The molecule has 2 rings (SSSR count). The molecule has 4 unspecified atom stereocenters. The van der Waals surface area contributed by atoms with Gasteiger partial charge in [-0.2, -0.15) is 0 Å². The van der Waals surface area contributed by atoms with Crippen molar-refractivity contribution in [3.05, 3.63) is 0 Å². The summed E-state index contributed by atoms with van der Waals surface area (Å²) >= 11 is 0. The first-order valence-electron chi connectivity index (χ1n) is 8.03. The Morgan fingerprint density at radius 2 is 1.68 bits per heavy atom. The lowest BCUT2D eigenvalue weighted by Gasteiger charge is -2.40. The molecule has 0 bridgehead atoms. The lowest BCUT2D eigenvalue weighted by atomic mass is 9.72. The van der Waals surface area contributed by atoms with Crippen LogP contribution in [0.25, 0.3) is 0 Å². The fraction of sp³-hybridized carbons (Fsp3) is 0.938. The van der Waals surface area contributed by atoms with E-state index in [1.165, 1.54) is 32.1 Å². The van der Waals surface area contributed by atoms with Gasteiger partial charge in [-0.15, -0.1) is 0 Å². The summed E-state index contributed by atoms with van der Waals surface area (Å²) in [5.74, 6) is 1.53. The van der Waals surface area contributed by atoms with Gasteiger partial charge in [-0.3, -0.25) is 4.79 Å². The van der Waals surface area contributed by atoms with E-state index >= 15 is 0 Å². The van der Waals surface area contributed by atoms with Crippen molar-refractivity contribution in [3.63, 3.8) is 0 Å². The summed E-state index contributed by atoms with van der Waals surface area (Å²) in [7, 11) is 2.01. The Labute approximate surface area is 117 Å². The van der Waals surface area contributed by atoms with Crippen LogP contribution in [0.5, 0.6) is 0 Å². The minimum absolute atomic E-state index is 0.151. The molecular formula is C16H30N2O. The van der Waals surface area contributed by atoms with Crippen molar-refractivity contribution in [2.45, 2.75) is 70.9 Å². The van der Waals surface area contributed by atoms with Crippen LogP contribution in [0.1, 0.15) is 58.8 Å². The van der Waals surface area contributed by atoms with Gasteiger partial charge in [0.15, 0.2) is 0 Å². The van der Waals surface area contributed by atoms with Crippen LogP contribution in [0, 0.1) is 17.8 Å². The summed E-state index contributed by atoms with van der Waals surface area (Å²) in [6.45, 7) is 4.44. The Kier molecular flexibility index (Phi) is 4.88. The molecule has 4 atom stereocenters. The van der Waals surface area contributed by atoms with Crippen molar-refractivity contribution < 1.29 is 4.79 Å². The minimum Gasteiger partial charge on any atom is -0.343 e. The third-order valence-corrected chi connectivity index (χ3v) is 5.47. The molecule has 0 aliphatic heterocycles. The number of amides is 1. The van der Waals surface area contributed by atoms with E-state index in [1.54, 1.807) is 0 Å². The first kappa shape index (κ1) is 14.8. The van der Waals surface area contributed by atoms with Crippen molar-refractivity contribution in [1.82, 2.24) is 4.90 Å². The number of hydrogen-bond donors (Lipinski definition) is 1. The third kappa shape index (κ3) is 3.31. The van der Waals surface area contributed by atoms with Crippen LogP contribution in [0.15, 0.2) is 0 Å². The second-order valence-corrected chi connectivity index (χ2v) is 6.94. The maximum absolute atomic E-state index is 12.7. The smallest absolute Gasteiger partial charge is 0.225 e. The molecule has 2 fully saturated rings. The highest BCUT2D eigenvalue weighted by atomic mass is 16.2. The summed E-state index contributed by atoms with van der Waals surface area (Å²) in [5, 5.41) is 0. The fourth-order valence-corrected chi connectivity index (χ4v) is 3.94. The number of nitrogens with zero attached hydrogens (tertiary/aromatic N) is 1. The van der Waals surface area contributed by atoms with Gasteiger partial charge in [-0.1, -0.05) is 33.1 Å². The summed E-state index contributed by atoms with van der Waals surface area (Å²) in [4.78, 5) is 14.8. The number of rotatable bonds is 2. The second kappa shape index (κ2) is 6.25. The molecule has 0 saturated heterocycles. The van der Waals surface area contributed by atoms with E-state index in [1.807, 2.05) is 11.9 Å². The molecule has 0 heterocycles. The van der Waals surface area contributed by atoms with Crippen LogP contribution in [-0.4, -0.2) is 29.9 Å². The van der Waals surface area contributed by atoms with E-state index in [2.05, 4.69) is 13.8 Å². The Morgan fingerprint density at radius 3 is 2.32 bits per heavy atom. The monoisotopic (exact) mass is 266 g/mol. The number of nitrogens with two attached hydrogens (primary N) is 1. The molecule has 0 radical (unpaired) electrons. The highest BCUT2D eigenvalue weighted by molar-refractivity contribution is 5.79. The number of hydrogen-bond acceptors (Lipinski definition) is 2. The molecule has 0 aromatic rings. The molecule has 2 aliphatic carbocycles. The topological polar surface area (TPSA) is 46.3 Å². The molecule has 3 nitrogen and oxygen atoms in total. The standard InChI is InChI=1S/C16H30N2O/c1-11-9-12(2)15(17)10-14(11)16(19)18(3)13-7-5-4-6-8-13/h11-15H,4-10,17H2,1-3H3. The Morgan fingerprint density at radius 1 is 1.05 bits per heavy atom. The van der Waals surface area contributed by atoms with Crippen LogP contribution < -0.4 is 5.73 Å². The summed E-state index contributed by atoms with van der Waals surface area (Å²) in [5.41, 5.74) is 6.18. The fourth-order valence-electron chi connectivity index (χ4n) is 3.94. The van der Waals surface area contributed by atoms with E-state index in [0.29, 0.717) is 23.8 Å². The largest absolute Gasteiger partial charge is 0.343 e. The minimum atomic E-state index is 0.151. The molecule has 2 aliphatic rings. The number of carbonyl (C=O) groups excluding carboxylic acids is 1. The zero-order chi connectivity index (χ0) is 14.0. The van der Waals surface area contributed by atoms with Crippen LogP contribution in [0.2, 0.25) is 0 Å². The molecule has 0 spiro atoms. The Bertz CT molecular complexity index is 312. The zero-order valence-corrected chi connectivity index (χ0v) is 12.8. The van der Waals surface area contributed by atoms with E-state index in [9.17, 15) is 4.79 Å². The second-order valence-electron chi connectivity index (χ2n) is 6.94. The van der Waals surface area contributed by atoms with Crippen molar-refractivity contribution in [1.29, 1.82) is 0 Å². The van der Waals surface area contributed by atoms with Crippen LogP contribution >= 0.6 is 0 Å². The van der Waals surface area contributed by atoms with Crippen molar-refractivity contribution in [3.8, 4) is 0 Å². The predicted molar refractivity (Wildman–Crippen MR) is 78.7 cm³/mol. The van der Waals surface area contributed by atoms with Gasteiger partial charge in [0, 0.05) is 25.0 Å².